The Morgan fingerprint density at radius 3 is 2.64 bits per heavy atom. The molecule has 3 aromatic rings. The second-order valence-corrected chi connectivity index (χ2v) is 9.94. The first kappa shape index (κ1) is 26.4. The zero-order valence-corrected chi connectivity index (χ0v) is 22.5. The van der Waals surface area contributed by atoms with Crippen molar-refractivity contribution in [1.82, 2.24) is 5.32 Å². The van der Waals surface area contributed by atoms with Crippen LogP contribution in [0.4, 0.5) is 0 Å². The summed E-state index contributed by atoms with van der Waals surface area (Å²) in [6, 6.07) is 13.1. The van der Waals surface area contributed by atoms with Crippen LogP contribution in [0.25, 0.3) is 11.0 Å². The molecule has 0 bridgehead atoms. The monoisotopic (exact) mass is 529 g/mol. The molecule has 2 aromatic carbocycles. The fourth-order valence-electron chi connectivity index (χ4n) is 5.51. The minimum absolute atomic E-state index is 0.0438. The lowest BCUT2D eigenvalue weighted by Gasteiger charge is -2.36. The molecule has 1 aliphatic heterocycles. The van der Waals surface area contributed by atoms with E-state index in [1.54, 1.807) is 26.2 Å². The summed E-state index contributed by atoms with van der Waals surface area (Å²) in [6.45, 7) is 3.92. The van der Waals surface area contributed by atoms with Crippen LogP contribution < -0.4 is 15.5 Å². The summed E-state index contributed by atoms with van der Waals surface area (Å²) in [4.78, 5) is 41.1. The maximum absolute atomic E-state index is 13.9. The Hall–Kier alpha value is -4.17. The van der Waals surface area contributed by atoms with Crippen LogP contribution in [0.1, 0.15) is 48.3 Å². The number of dihydropyridines is 1. The minimum atomic E-state index is -0.920. The molecular weight excluding hydrogens is 498 g/mol. The molecule has 0 fully saturated rings. The number of benzene rings is 2. The molecule has 0 amide bonds. The van der Waals surface area contributed by atoms with Crippen LogP contribution in [-0.2, 0) is 19.1 Å². The summed E-state index contributed by atoms with van der Waals surface area (Å²) >= 11 is 0. The Balaban J connectivity index is 1.64. The van der Waals surface area contributed by atoms with E-state index in [9.17, 15) is 14.4 Å². The van der Waals surface area contributed by atoms with E-state index >= 15 is 0 Å². The van der Waals surface area contributed by atoms with E-state index in [0.29, 0.717) is 34.4 Å². The van der Waals surface area contributed by atoms with Crippen LogP contribution in [-0.4, -0.2) is 39.2 Å². The number of hydrogen-bond acceptors (Lipinski definition) is 8. The molecule has 2 aliphatic rings. The maximum atomic E-state index is 13.9. The van der Waals surface area contributed by atoms with Gasteiger partial charge in [0.25, 0.3) is 0 Å². The van der Waals surface area contributed by atoms with Crippen LogP contribution in [0.15, 0.2) is 80.5 Å². The van der Waals surface area contributed by atoms with E-state index in [4.69, 9.17) is 18.6 Å². The first-order chi connectivity index (χ1) is 18.8. The van der Waals surface area contributed by atoms with Gasteiger partial charge in [-0.2, -0.15) is 0 Å². The van der Waals surface area contributed by atoms with E-state index in [1.807, 2.05) is 37.3 Å². The van der Waals surface area contributed by atoms with Gasteiger partial charge >= 0.3 is 5.97 Å². The SMILES string of the molecule is COCCOC(=O)C1=C(C)NC2=C(C(=O)C[C@@H](c3cccc(OC)c3)C2)[C@@H]1c1coc2ccc(C)cc2c1=O. The first-order valence-electron chi connectivity index (χ1n) is 12.9. The Labute approximate surface area is 226 Å². The van der Waals surface area contributed by atoms with Crippen molar-refractivity contribution in [2.45, 2.75) is 38.5 Å². The number of ketones is 1. The number of Topliss-reactive ketones (excluding diaryl/α,β-unsaturated/α-hetero) is 1. The molecule has 39 heavy (non-hydrogen) atoms. The normalized spacial score (nSPS) is 19.1. The van der Waals surface area contributed by atoms with Gasteiger partial charge < -0.3 is 23.9 Å². The van der Waals surface area contributed by atoms with E-state index < -0.39 is 11.9 Å². The van der Waals surface area contributed by atoms with Gasteiger partial charge in [0.1, 0.15) is 17.9 Å². The van der Waals surface area contributed by atoms with Crippen LogP contribution in [0.3, 0.4) is 0 Å². The summed E-state index contributed by atoms with van der Waals surface area (Å²) in [6.07, 6.45) is 2.14. The van der Waals surface area contributed by atoms with Crippen molar-refractivity contribution in [3.63, 3.8) is 0 Å². The van der Waals surface area contributed by atoms with Crippen molar-refractivity contribution in [2.24, 2.45) is 0 Å². The van der Waals surface area contributed by atoms with Crippen molar-refractivity contribution in [3.8, 4) is 5.75 Å². The lowest BCUT2D eigenvalue weighted by atomic mass is 9.72. The van der Waals surface area contributed by atoms with E-state index in [0.717, 1.165) is 16.9 Å². The fraction of sp³-hybridized carbons (Fsp3) is 0.323. The molecule has 202 valence electrons. The Bertz CT molecular complexity index is 1580. The first-order valence-corrected chi connectivity index (χ1v) is 12.9. The molecule has 8 heteroatoms. The number of nitrogens with one attached hydrogen (secondary N) is 1. The highest BCUT2D eigenvalue weighted by molar-refractivity contribution is 6.04. The number of aryl methyl sites for hydroxylation is 1. The molecule has 5 rings (SSSR count). The maximum Gasteiger partial charge on any atom is 0.336 e. The van der Waals surface area contributed by atoms with E-state index in [1.165, 1.54) is 13.4 Å². The van der Waals surface area contributed by atoms with Gasteiger partial charge in [-0.05, 0) is 56.0 Å². The molecule has 0 spiro atoms. The minimum Gasteiger partial charge on any atom is -0.497 e. The standard InChI is InChI=1S/C31H31NO7/c1-17-8-9-26-22(12-17)30(34)23(16-39-26)28-27(31(35)38-11-10-36-3)18(2)32-24-14-20(15-25(33)29(24)28)19-6-5-7-21(13-19)37-4/h5-9,12-13,16,20,28,32H,10-11,14-15H2,1-4H3/t20-,28+/m0/s1. The van der Waals surface area contributed by atoms with E-state index in [-0.39, 0.29) is 47.9 Å². The summed E-state index contributed by atoms with van der Waals surface area (Å²) in [7, 11) is 3.12. The van der Waals surface area contributed by atoms with Gasteiger partial charge in [0.05, 0.1) is 36.9 Å². The summed E-state index contributed by atoms with van der Waals surface area (Å²) in [5.41, 5.74) is 4.12. The van der Waals surface area contributed by atoms with Crippen molar-refractivity contribution in [2.75, 3.05) is 27.4 Å². The third kappa shape index (κ3) is 5.00. The number of rotatable bonds is 7. The lowest BCUT2D eigenvalue weighted by molar-refractivity contribution is -0.140. The lowest BCUT2D eigenvalue weighted by Crippen LogP contribution is -2.37. The molecule has 0 saturated heterocycles. The summed E-state index contributed by atoms with van der Waals surface area (Å²) in [5.74, 6) is -1.04. The summed E-state index contributed by atoms with van der Waals surface area (Å²) < 4.78 is 21.7. The third-order valence-corrected chi connectivity index (χ3v) is 7.40. The molecule has 1 aromatic heterocycles. The quantitative estimate of drug-likeness (QED) is 0.348. The van der Waals surface area contributed by atoms with Crippen LogP contribution in [0.5, 0.6) is 5.75 Å². The highest BCUT2D eigenvalue weighted by Gasteiger charge is 2.42. The van der Waals surface area contributed by atoms with Crippen molar-refractivity contribution < 1.29 is 28.2 Å². The van der Waals surface area contributed by atoms with Crippen LogP contribution in [0.2, 0.25) is 0 Å². The number of fused-ring (bicyclic) bond motifs is 1. The van der Waals surface area contributed by atoms with Gasteiger partial charge in [0.2, 0.25) is 0 Å². The average molecular weight is 530 g/mol. The number of carbonyl (C=O) groups is 2. The van der Waals surface area contributed by atoms with Crippen LogP contribution in [0, 0.1) is 6.92 Å². The van der Waals surface area contributed by atoms with Gasteiger partial charge in [-0.15, -0.1) is 0 Å². The second-order valence-electron chi connectivity index (χ2n) is 9.94. The molecule has 0 saturated carbocycles. The average Bonchev–Trinajstić information content (AvgIpc) is 2.93. The Kier molecular flexibility index (Phi) is 7.39. The predicted octanol–water partition coefficient (Wildman–Crippen LogP) is 4.66. The molecule has 8 nitrogen and oxygen atoms in total. The smallest absolute Gasteiger partial charge is 0.336 e. The van der Waals surface area contributed by atoms with E-state index in [2.05, 4.69) is 5.32 Å². The van der Waals surface area contributed by atoms with Gasteiger partial charge in [0, 0.05) is 36.1 Å². The zero-order valence-electron chi connectivity index (χ0n) is 22.5. The Morgan fingerprint density at radius 2 is 1.87 bits per heavy atom. The number of ether oxygens (including phenoxy) is 3. The Morgan fingerprint density at radius 1 is 1.05 bits per heavy atom. The molecule has 2 atom stereocenters. The number of hydrogen-bond donors (Lipinski definition) is 1. The number of methoxy groups -OCH3 is 2. The fourth-order valence-corrected chi connectivity index (χ4v) is 5.51. The molecular formula is C31H31NO7. The van der Waals surface area contributed by atoms with Crippen molar-refractivity contribution in [3.05, 3.63) is 98.2 Å². The van der Waals surface area contributed by atoms with Crippen LogP contribution >= 0.6 is 0 Å². The number of allylic oxidation sites excluding steroid dienone is 3. The zero-order chi connectivity index (χ0) is 27.7. The molecule has 0 radical (unpaired) electrons. The number of carbonyl (C=O) groups excluding carboxylic acids is 2. The second kappa shape index (κ2) is 10.9. The van der Waals surface area contributed by atoms with Crippen molar-refractivity contribution >= 4 is 22.7 Å². The van der Waals surface area contributed by atoms with Gasteiger partial charge in [-0.3, -0.25) is 9.59 Å². The van der Waals surface area contributed by atoms with Gasteiger partial charge in [0.15, 0.2) is 11.2 Å². The molecule has 1 N–H and O–H groups in total. The van der Waals surface area contributed by atoms with Crippen molar-refractivity contribution in [1.29, 1.82) is 0 Å². The molecule has 2 heterocycles. The largest absolute Gasteiger partial charge is 0.497 e. The number of esters is 1. The topological polar surface area (TPSA) is 104 Å². The highest BCUT2D eigenvalue weighted by atomic mass is 16.6. The molecule has 1 aliphatic carbocycles. The highest BCUT2D eigenvalue weighted by Crippen LogP contribution is 2.45. The summed E-state index contributed by atoms with van der Waals surface area (Å²) in [5, 5.41) is 3.70. The molecule has 0 unspecified atom stereocenters. The van der Waals surface area contributed by atoms with Gasteiger partial charge in [-0.25, -0.2) is 4.79 Å². The third-order valence-electron chi connectivity index (χ3n) is 7.40. The van der Waals surface area contributed by atoms with Gasteiger partial charge in [-0.1, -0.05) is 23.8 Å². The predicted molar refractivity (Wildman–Crippen MR) is 146 cm³/mol.